The number of hydrogen-bond donors (Lipinski definition) is 0. The van der Waals surface area contributed by atoms with Gasteiger partial charge in [-0.2, -0.15) is 4.99 Å². The topological polar surface area (TPSA) is 43.6 Å². The second kappa shape index (κ2) is 7.07. The highest BCUT2D eigenvalue weighted by molar-refractivity contribution is 7.04. The molecule has 0 aliphatic rings. The van der Waals surface area contributed by atoms with Gasteiger partial charge >= 0.3 is 6.09 Å². The molecule has 0 aliphatic heterocycles. The van der Waals surface area contributed by atoms with E-state index in [0.29, 0.717) is 11.3 Å². The second-order valence-electron chi connectivity index (χ2n) is 4.78. The Hall–Kier alpha value is -2.66. The molecule has 0 fully saturated rings. The Morgan fingerprint density at radius 1 is 1.09 bits per heavy atom. The maximum absolute atomic E-state index is 11.8. The van der Waals surface area contributed by atoms with E-state index in [1.165, 1.54) is 11.5 Å². The Labute approximate surface area is 138 Å². The lowest BCUT2D eigenvalue weighted by atomic mass is 10.1. The maximum Gasteiger partial charge on any atom is 0.435 e. The number of hydrogen-bond acceptors (Lipinski definition) is 3. The van der Waals surface area contributed by atoms with Crippen LogP contribution in [0.2, 0.25) is 0 Å². The molecular formula is C18H16N2O2S. The molecule has 0 aliphatic carbocycles. The van der Waals surface area contributed by atoms with Crippen molar-refractivity contribution in [1.82, 2.24) is 3.96 Å². The molecule has 3 rings (SSSR count). The van der Waals surface area contributed by atoms with Crippen molar-refractivity contribution in [2.45, 2.75) is 6.92 Å². The van der Waals surface area contributed by atoms with Crippen molar-refractivity contribution in [3.05, 3.63) is 71.5 Å². The van der Waals surface area contributed by atoms with E-state index in [4.69, 9.17) is 4.74 Å². The van der Waals surface area contributed by atoms with Gasteiger partial charge < -0.3 is 4.74 Å². The largest absolute Gasteiger partial charge is 0.448 e. The van der Waals surface area contributed by atoms with Crippen LogP contribution in [0.15, 0.2) is 71.9 Å². The Balaban J connectivity index is 2.13. The van der Waals surface area contributed by atoms with Crippen LogP contribution in [0.5, 0.6) is 0 Å². The van der Waals surface area contributed by atoms with E-state index in [1.54, 1.807) is 6.92 Å². The van der Waals surface area contributed by atoms with Gasteiger partial charge in [-0.3, -0.25) is 3.96 Å². The summed E-state index contributed by atoms with van der Waals surface area (Å²) in [5.74, 6) is 0. The molecule has 3 aromatic rings. The zero-order valence-corrected chi connectivity index (χ0v) is 13.5. The lowest BCUT2D eigenvalue weighted by Gasteiger charge is -1.99. The third-order valence-corrected chi connectivity index (χ3v) is 4.21. The van der Waals surface area contributed by atoms with Crippen molar-refractivity contribution < 1.29 is 9.53 Å². The third-order valence-electron chi connectivity index (χ3n) is 3.22. The van der Waals surface area contributed by atoms with Gasteiger partial charge in [0.1, 0.15) is 4.67 Å². The molecule has 0 radical (unpaired) electrons. The SMILES string of the molecule is CCOC(=O)N=c1sn(-c2ccccc2)cc1-c1ccccc1. The van der Waals surface area contributed by atoms with E-state index in [-0.39, 0.29) is 0 Å². The smallest absolute Gasteiger partial charge is 0.435 e. The molecule has 1 amide bonds. The van der Waals surface area contributed by atoms with Crippen molar-refractivity contribution in [2.24, 2.45) is 4.99 Å². The Kier molecular flexibility index (Phi) is 4.68. The first-order valence-corrected chi connectivity index (χ1v) is 8.10. The lowest BCUT2D eigenvalue weighted by Crippen LogP contribution is -2.06. The van der Waals surface area contributed by atoms with E-state index >= 15 is 0 Å². The van der Waals surface area contributed by atoms with Crippen LogP contribution in [0.1, 0.15) is 6.92 Å². The maximum atomic E-state index is 11.8. The Bertz CT molecular complexity index is 851. The van der Waals surface area contributed by atoms with Gasteiger partial charge in [0.05, 0.1) is 12.3 Å². The predicted molar refractivity (Wildman–Crippen MR) is 91.7 cm³/mol. The van der Waals surface area contributed by atoms with Gasteiger partial charge in [-0.25, -0.2) is 4.79 Å². The van der Waals surface area contributed by atoms with Crippen LogP contribution >= 0.6 is 11.5 Å². The van der Waals surface area contributed by atoms with Gasteiger partial charge in [0.15, 0.2) is 0 Å². The minimum absolute atomic E-state index is 0.313. The zero-order chi connectivity index (χ0) is 16.1. The highest BCUT2D eigenvalue weighted by Crippen LogP contribution is 2.20. The van der Waals surface area contributed by atoms with E-state index in [0.717, 1.165) is 16.8 Å². The number of benzene rings is 2. The fourth-order valence-corrected chi connectivity index (χ4v) is 3.13. The monoisotopic (exact) mass is 324 g/mol. The molecule has 0 saturated carbocycles. The number of carbonyl (C=O) groups is 1. The van der Waals surface area contributed by atoms with Crippen LogP contribution in [0.3, 0.4) is 0 Å². The highest BCUT2D eigenvalue weighted by Gasteiger charge is 2.09. The highest BCUT2D eigenvalue weighted by atomic mass is 32.1. The van der Waals surface area contributed by atoms with E-state index < -0.39 is 6.09 Å². The van der Waals surface area contributed by atoms with Crippen LogP contribution < -0.4 is 4.67 Å². The summed E-state index contributed by atoms with van der Waals surface area (Å²) in [6.45, 7) is 2.08. The average Bonchev–Trinajstić information content (AvgIpc) is 3.00. The van der Waals surface area contributed by atoms with Crippen LogP contribution in [-0.4, -0.2) is 16.7 Å². The molecule has 4 nitrogen and oxygen atoms in total. The first-order chi connectivity index (χ1) is 11.3. The fraction of sp³-hybridized carbons (Fsp3) is 0.111. The quantitative estimate of drug-likeness (QED) is 0.722. The van der Waals surface area contributed by atoms with Gasteiger partial charge in [0, 0.05) is 11.8 Å². The number of nitrogens with zero attached hydrogens (tertiary/aromatic N) is 2. The van der Waals surface area contributed by atoms with E-state index in [9.17, 15) is 4.79 Å². The summed E-state index contributed by atoms with van der Waals surface area (Å²) in [5.41, 5.74) is 2.95. The third kappa shape index (κ3) is 3.57. The first-order valence-electron chi connectivity index (χ1n) is 7.33. The van der Waals surface area contributed by atoms with Crippen LogP contribution in [-0.2, 0) is 4.74 Å². The standard InChI is InChI=1S/C18H16N2O2S/c1-2-22-18(21)19-17-16(14-9-5-3-6-10-14)13-20(23-17)15-11-7-4-8-12-15/h3-13H,2H2,1H3. The second-order valence-corrected chi connectivity index (χ2v) is 5.74. The number of carbonyl (C=O) groups excluding carboxylic acids is 1. The van der Waals surface area contributed by atoms with Gasteiger partial charge in [0.2, 0.25) is 0 Å². The van der Waals surface area contributed by atoms with Crippen molar-refractivity contribution in [1.29, 1.82) is 0 Å². The van der Waals surface area contributed by atoms with Crippen molar-refractivity contribution in [3.63, 3.8) is 0 Å². The minimum Gasteiger partial charge on any atom is -0.448 e. The fourth-order valence-electron chi connectivity index (χ4n) is 2.18. The molecule has 0 N–H and O–H groups in total. The summed E-state index contributed by atoms with van der Waals surface area (Å²) in [6.07, 6.45) is 1.43. The molecule has 0 bridgehead atoms. The molecule has 0 saturated heterocycles. The molecule has 0 unspecified atom stereocenters. The molecule has 116 valence electrons. The Morgan fingerprint density at radius 3 is 2.39 bits per heavy atom. The van der Waals surface area contributed by atoms with Gasteiger partial charge in [-0.1, -0.05) is 48.5 Å². The molecular weight excluding hydrogens is 308 g/mol. The molecule has 0 atom stereocenters. The normalized spacial score (nSPS) is 11.4. The van der Waals surface area contributed by atoms with Crippen molar-refractivity contribution in [2.75, 3.05) is 6.61 Å². The number of ether oxygens (including phenoxy) is 1. The van der Waals surface area contributed by atoms with Gasteiger partial charge in [-0.15, -0.1) is 0 Å². The Morgan fingerprint density at radius 2 is 1.74 bits per heavy atom. The van der Waals surface area contributed by atoms with Gasteiger partial charge in [-0.05, 0) is 36.2 Å². The number of aromatic nitrogens is 1. The summed E-state index contributed by atoms with van der Waals surface area (Å²) < 4.78 is 7.58. The molecule has 2 aromatic carbocycles. The van der Waals surface area contributed by atoms with Crippen LogP contribution in [0, 0.1) is 0 Å². The average molecular weight is 324 g/mol. The predicted octanol–water partition coefficient (Wildman–Crippen LogP) is 4.26. The van der Waals surface area contributed by atoms with Crippen LogP contribution in [0.25, 0.3) is 16.8 Å². The van der Waals surface area contributed by atoms with E-state index in [2.05, 4.69) is 4.99 Å². The molecule has 23 heavy (non-hydrogen) atoms. The molecule has 1 heterocycles. The van der Waals surface area contributed by atoms with Crippen molar-refractivity contribution in [3.8, 4) is 16.8 Å². The zero-order valence-electron chi connectivity index (χ0n) is 12.7. The summed E-state index contributed by atoms with van der Waals surface area (Å²) in [4.78, 5) is 15.9. The summed E-state index contributed by atoms with van der Waals surface area (Å²) >= 11 is 1.41. The first kappa shape index (κ1) is 15.2. The molecule has 1 aromatic heterocycles. The number of amides is 1. The lowest BCUT2D eigenvalue weighted by molar-refractivity contribution is 0.162. The number of rotatable bonds is 3. The molecule has 0 spiro atoms. The van der Waals surface area contributed by atoms with Crippen LogP contribution in [0.4, 0.5) is 4.79 Å². The molecule has 5 heteroatoms. The van der Waals surface area contributed by atoms with Gasteiger partial charge in [0.25, 0.3) is 0 Å². The number of para-hydroxylation sites is 1. The minimum atomic E-state index is -0.563. The van der Waals surface area contributed by atoms with Crippen molar-refractivity contribution >= 4 is 17.6 Å². The van der Waals surface area contributed by atoms with E-state index in [1.807, 2.05) is 70.8 Å². The summed E-state index contributed by atoms with van der Waals surface area (Å²) in [6, 6.07) is 19.9. The summed E-state index contributed by atoms with van der Waals surface area (Å²) in [5, 5.41) is 0. The summed E-state index contributed by atoms with van der Waals surface area (Å²) in [7, 11) is 0.